The highest BCUT2D eigenvalue weighted by molar-refractivity contribution is 6.33. The third-order valence-electron chi connectivity index (χ3n) is 2.91. The van der Waals surface area contributed by atoms with Crippen LogP contribution in [0.15, 0.2) is 6.20 Å². The predicted octanol–water partition coefficient (Wildman–Crippen LogP) is 2.13. The Morgan fingerprint density at radius 2 is 2.41 bits per heavy atom. The number of ketones is 1. The van der Waals surface area contributed by atoms with Gasteiger partial charge in [0.15, 0.2) is 5.78 Å². The number of hydrogen-bond donors (Lipinski definition) is 1. The highest BCUT2D eigenvalue weighted by atomic mass is 35.5. The van der Waals surface area contributed by atoms with Gasteiger partial charge in [0.2, 0.25) is 0 Å². The van der Waals surface area contributed by atoms with Gasteiger partial charge < -0.3 is 5.32 Å². The normalized spacial score (nSPS) is 15.2. The van der Waals surface area contributed by atoms with Crippen LogP contribution in [0.3, 0.4) is 0 Å². The third-order valence-corrected chi connectivity index (χ3v) is 3.19. The summed E-state index contributed by atoms with van der Waals surface area (Å²) in [6.07, 6.45) is 5.06. The average molecular weight is 256 g/mol. The van der Waals surface area contributed by atoms with Gasteiger partial charge in [-0.1, -0.05) is 18.5 Å². The summed E-state index contributed by atoms with van der Waals surface area (Å²) in [4.78, 5) is 12.0. The molecule has 0 amide bonds. The van der Waals surface area contributed by atoms with Crippen molar-refractivity contribution in [2.75, 3.05) is 13.1 Å². The zero-order valence-electron chi connectivity index (χ0n) is 10.1. The van der Waals surface area contributed by atoms with E-state index in [9.17, 15) is 4.79 Å². The Balaban J connectivity index is 1.93. The zero-order valence-corrected chi connectivity index (χ0v) is 10.8. The lowest BCUT2D eigenvalue weighted by molar-refractivity contribution is 0.0980. The summed E-state index contributed by atoms with van der Waals surface area (Å²) < 4.78 is 1.70. The summed E-state index contributed by atoms with van der Waals surface area (Å²) in [7, 11) is 0. The maximum atomic E-state index is 12.0. The van der Waals surface area contributed by atoms with Gasteiger partial charge in [0, 0.05) is 6.54 Å². The third kappa shape index (κ3) is 3.30. The lowest BCUT2D eigenvalue weighted by Gasteiger charge is -2.06. The van der Waals surface area contributed by atoms with Crippen molar-refractivity contribution < 1.29 is 4.79 Å². The van der Waals surface area contributed by atoms with E-state index in [0.29, 0.717) is 17.3 Å². The van der Waals surface area contributed by atoms with E-state index in [-0.39, 0.29) is 5.78 Å². The molecule has 2 rings (SSSR count). The summed E-state index contributed by atoms with van der Waals surface area (Å²) >= 11 is 6.00. The highest BCUT2D eigenvalue weighted by Gasteiger charge is 2.22. The first kappa shape index (κ1) is 12.6. The van der Waals surface area contributed by atoms with Crippen molar-refractivity contribution in [1.29, 1.82) is 0 Å². The van der Waals surface area contributed by atoms with Crippen molar-refractivity contribution in [3.63, 3.8) is 0 Å². The van der Waals surface area contributed by atoms with Crippen LogP contribution in [0.2, 0.25) is 5.02 Å². The van der Waals surface area contributed by atoms with Crippen molar-refractivity contribution in [2.45, 2.75) is 32.7 Å². The number of hydrogen-bond acceptors (Lipinski definition) is 3. The summed E-state index contributed by atoms with van der Waals surface area (Å²) in [5.74, 6) is 0.806. The Hall–Kier alpha value is -0.870. The molecule has 1 fully saturated rings. The van der Waals surface area contributed by atoms with Crippen LogP contribution in [0.4, 0.5) is 0 Å². The van der Waals surface area contributed by atoms with Crippen LogP contribution in [0.25, 0.3) is 0 Å². The second kappa shape index (κ2) is 5.65. The number of nitrogens with zero attached hydrogens (tertiary/aromatic N) is 2. The molecule has 5 heteroatoms. The number of aromatic nitrogens is 2. The van der Waals surface area contributed by atoms with Gasteiger partial charge in [0.05, 0.1) is 17.8 Å². The molecule has 1 saturated carbocycles. The number of carbonyl (C=O) groups is 1. The van der Waals surface area contributed by atoms with E-state index in [2.05, 4.69) is 17.3 Å². The molecule has 0 aliphatic heterocycles. The fourth-order valence-corrected chi connectivity index (χ4v) is 2.06. The van der Waals surface area contributed by atoms with Crippen LogP contribution in [-0.2, 0) is 6.54 Å². The van der Waals surface area contributed by atoms with E-state index >= 15 is 0 Å². The molecule has 0 spiro atoms. The van der Waals surface area contributed by atoms with Gasteiger partial charge in [-0.2, -0.15) is 5.10 Å². The second-order valence-electron chi connectivity index (χ2n) is 4.56. The molecule has 17 heavy (non-hydrogen) atoms. The molecule has 0 unspecified atom stereocenters. The van der Waals surface area contributed by atoms with Gasteiger partial charge in [-0.25, -0.2) is 0 Å². The first-order valence-electron chi connectivity index (χ1n) is 6.17. The molecule has 0 radical (unpaired) electrons. The van der Waals surface area contributed by atoms with Crippen molar-refractivity contribution >= 4 is 17.4 Å². The van der Waals surface area contributed by atoms with Gasteiger partial charge in [-0.15, -0.1) is 0 Å². The topological polar surface area (TPSA) is 46.9 Å². The van der Waals surface area contributed by atoms with Gasteiger partial charge in [-0.3, -0.25) is 9.48 Å². The molecule has 1 aliphatic carbocycles. The van der Waals surface area contributed by atoms with E-state index in [1.54, 1.807) is 10.9 Å². The van der Waals surface area contributed by atoms with Crippen molar-refractivity contribution in [2.24, 2.45) is 5.92 Å². The van der Waals surface area contributed by atoms with Gasteiger partial charge in [0.1, 0.15) is 5.69 Å². The summed E-state index contributed by atoms with van der Waals surface area (Å²) in [5, 5.41) is 7.76. The molecular formula is C12H18ClN3O. The second-order valence-corrected chi connectivity index (χ2v) is 4.97. The Bertz CT molecular complexity index is 398. The van der Waals surface area contributed by atoms with Crippen LogP contribution in [0.1, 0.15) is 36.7 Å². The largest absolute Gasteiger partial charge is 0.309 e. The van der Waals surface area contributed by atoms with Crippen LogP contribution in [0, 0.1) is 5.92 Å². The van der Waals surface area contributed by atoms with E-state index in [4.69, 9.17) is 11.6 Å². The number of rotatable bonds is 7. The van der Waals surface area contributed by atoms with Crippen molar-refractivity contribution in [3.05, 3.63) is 16.9 Å². The summed E-state index contributed by atoms with van der Waals surface area (Å²) in [5.41, 5.74) is 0.539. The number of aryl methyl sites for hydroxylation is 1. The molecule has 0 saturated heterocycles. The Kier molecular flexibility index (Phi) is 4.18. The van der Waals surface area contributed by atoms with Gasteiger partial charge in [0.25, 0.3) is 0 Å². The average Bonchev–Trinajstić information content (AvgIpc) is 3.04. The fraction of sp³-hybridized carbons (Fsp3) is 0.667. The lowest BCUT2D eigenvalue weighted by Crippen LogP contribution is -2.27. The molecule has 1 aliphatic rings. The van der Waals surface area contributed by atoms with Crippen LogP contribution >= 0.6 is 11.6 Å². The van der Waals surface area contributed by atoms with Crippen molar-refractivity contribution in [1.82, 2.24) is 15.1 Å². The molecule has 0 atom stereocenters. The number of carbonyl (C=O) groups excluding carboxylic acids is 1. The monoisotopic (exact) mass is 255 g/mol. The lowest BCUT2D eigenvalue weighted by atomic mass is 10.2. The van der Waals surface area contributed by atoms with Crippen molar-refractivity contribution in [3.8, 4) is 0 Å². The van der Waals surface area contributed by atoms with E-state index in [1.165, 1.54) is 12.8 Å². The van der Waals surface area contributed by atoms with Crippen LogP contribution < -0.4 is 5.32 Å². The molecule has 0 bridgehead atoms. The number of nitrogens with one attached hydrogen (secondary N) is 1. The molecule has 1 aromatic heterocycles. The molecule has 0 aromatic carbocycles. The summed E-state index contributed by atoms with van der Waals surface area (Å²) in [6.45, 7) is 4.07. The maximum absolute atomic E-state index is 12.0. The molecule has 1 aromatic rings. The predicted molar refractivity (Wildman–Crippen MR) is 67.5 cm³/mol. The molecule has 94 valence electrons. The Morgan fingerprint density at radius 3 is 3.06 bits per heavy atom. The zero-order chi connectivity index (χ0) is 12.3. The first-order chi connectivity index (χ1) is 8.22. The Morgan fingerprint density at radius 1 is 1.65 bits per heavy atom. The Labute approximate surface area is 106 Å². The van der Waals surface area contributed by atoms with Gasteiger partial charge >= 0.3 is 0 Å². The molecular weight excluding hydrogens is 238 g/mol. The van der Waals surface area contributed by atoms with E-state index in [1.807, 2.05) is 0 Å². The van der Waals surface area contributed by atoms with Crippen LogP contribution in [0.5, 0.6) is 0 Å². The maximum Gasteiger partial charge on any atom is 0.196 e. The standard InChI is InChI=1S/C12H18ClN3O/c1-2-5-16-12(10(13)7-15-16)11(17)8-14-6-9-3-4-9/h7,9,14H,2-6,8H2,1H3. The first-order valence-corrected chi connectivity index (χ1v) is 6.55. The van der Waals surface area contributed by atoms with E-state index < -0.39 is 0 Å². The minimum Gasteiger partial charge on any atom is -0.309 e. The number of Topliss-reactive ketones (excluding diaryl/α,β-unsaturated/α-hetero) is 1. The quantitative estimate of drug-likeness (QED) is 0.760. The minimum atomic E-state index is 0.0293. The van der Waals surface area contributed by atoms with Crippen LogP contribution in [-0.4, -0.2) is 28.7 Å². The molecule has 1 N–H and O–H groups in total. The fourth-order valence-electron chi connectivity index (χ4n) is 1.82. The highest BCUT2D eigenvalue weighted by Crippen LogP contribution is 2.27. The SMILES string of the molecule is CCCn1ncc(Cl)c1C(=O)CNCC1CC1. The summed E-state index contributed by atoms with van der Waals surface area (Å²) in [6, 6.07) is 0. The van der Waals surface area contributed by atoms with Gasteiger partial charge in [-0.05, 0) is 31.7 Å². The number of halogens is 1. The minimum absolute atomic E-state index is 0.0293. The van der Waals surface area contributed by atoms with E-state index in [0.717, 1.165) is 25.4 Å². The molecule has 4 nitrogen and oxygen atoms in total. The molecule has 1 heterocycles. The smallest absolute Gasteiger partial charge is 0.196 e.